The van der Waals surface area contributed by atoms with Crippen molar-refractivity contribution in [2.45, 2.75) is 19.8 Å². The van der Waals surface area contributed by atoms with Crippen LogP contribution in [0.15, 0.2) is 48.5 Å². The predicted molar refractivity (Wildman–Crippen MR) is 88.7 cm³/mol. The summed E-state index contributed by atoms with van der Waals surface area (Å²) in [4.78, 5) is 11.7. The molecule has 4 heteroatoms. The molecule has 1 aliphatic carbocycles. The van der Waals surface area contributed by atoms with Gasteiger partial charge in [-0.3, -0.25) is 4.79 Å². The molecule has 4 nitrogen and oxygen atoms in total. The summed E-state index contributed by atoms with van der Waals surface area (Å²) in [7, 11) is 0. The molecule has 0 unspecified atom stereocenters. The molecule has 0 radical (unpaired) electrons. The van der Waals surface area contributed by atoms with Gasteiger partial charge in [0.05, 0.1) is 6.61 Å². The molecule has 0 bridgehead atoms. The van der Waals surface area contributed by atoms with Crippen molar-refractivity contribution in [2.24, 2.45) is 5.92 Å². The fourth-order valence-electron chi connectivity index (χ4n) is 2.19. The van der Waals surface area contributed by atoms with E-state index in [1.807, 2.05) is 55.5 Å². The molecule has 0 aliphatic heterocycles. The molecule has 1 aliphatic rings. The number of hydrogen-bond acceptors (Lipinski definition) is 3. The molecule has 0 heterocycles. The summed E-state index contributed by atoms with van der Waals surface area (Å²) in [6.45, 7) is 2.64. The van der Waals surface area contributed by atoms with Crippen LogP contribution in [0, 0.1) is 5.92 Å². The second kappa shape index (κ2) is 6.52. The zero-order valence-electron chi connectivity index (χ0n) is 12.6. The number of carbonyl (C=O) groups excluding carboxylic acids is 1. The fourth-order valence-corrected chi connectivity index (χ4v) is 2.19. The van der Waals surface area contributed by atoms with Crippen LogP contribution < -0.4 is 15.4 Å². The number of rotatable bonds is 6. The zero-order chi connectivity index (χ0) is 15.4. The number of nitrogens with one attached hydrogen (secondary N) is 2. The first-order chi connectivity index (χ1) is 10.7. The third-order valence-electron chi connectivity index (χ3n) is 3.55. The topological polar surface area (TPSA) is 50.4 Å². The second-order valence-corrected chi connectivity index (χ2v) is 5.42. The maximum Gasteiger partial charge on any atom is 0.227 e. The maximum atomic E-state index is 11.7. The fraction of sp³-hybridized carbons (Fsp3) is 0.278. The van der Waals surface area contributed by atoms with Gasteiger partial charge in [-0.1, -0.05) is 0 Å². The molecule has 114 valence electrons. The van der Waals surface area contributed by atoms with Crippen LogP contribution >= 0.6 is 0 Å². The van der Waals surface area contributed by atoms with Crippen molar-refractivity contribution >= 4 is 23.0 Å². The SMILES string of the molecule is CCOc1ccc(Nc2ccc(NC(=O)C3CC3)cc2)cc1. The maximum absolute atomic E-state index is 11.7. The summed E-state index contributed by atoms with van der Waals surface area (Å²) < 4.78 is 5.42. The van der Waals surface area contributed by atoms with Crippen molar-refractivity contribution in [2.75, 3.05) is 17.2 Å². The van der Waals surface area contributed by atoms with Gasteiger partial charge in [-0.25, -0.2) is 0 Å². The summed E-state index contributed by atoms with van der Waals surface area (Å²) >= 11 is 0. The highest BCUT2D eigenvalue weighted by Gasteiger charge is 2.29. The van der Waals surface area contributed by atoms with Gasteiger partial charge in [0.2, 0.25) is 5.91 Å². The molecule has 0 saturated heterocycles. The molecule has 2 N–H and O–H groups in total. The normalized spacial score (nSPS) is 13.5. The average Bonchev–Trinajstić information content (AvgIpc) is 3.36. The third-order valence-corrected chi connectivity index (χ3v) is 3.55. The molecule has 2 aromatic rings. The highest BCUT2D eigenvalue weighted by molar-refractivity contribution is 5.94. The number of amides is 1. The quantitative estimate of drug-likeness (QED) is 0.841. The first kappa shape index (κ1) is 14.4. The van der Waals surface area contributed by atoms with E-state index in [1.165, 1.54) is 0 Å². The van der Waals surface area contributed by atoms with E-state index in [2.05, 4.69) is 10.6 Å². The van der Waals surface area contributed by atoms with Crippen LogP contribution in [0.5, 0.6) is 5.75 Å². The highest BCUT2D eigenvalue weighted by Crippen LogP contribution is 2.30. The Morgan fingerprint density at radius 1 is 1.00 bits per heavy atom. The van der Waals surface area contributed by atoms with Crippen LogP contribution in [0.25, 0.3) is 0 Å². The Kier molecular flexibility index (Phi) is 4.28. The molecule has 0 aromatic heterocycles. The van der Waals surface area contributed by atoms with Gasteiger partial charge in [-0.2, -0.15) is 0 Å². The minimum absolute atomic E-state index is 0.132. The Morgan fingerprint density at radius 3 is 2.09 bits per heavy atom. The molecular weight excluding hydrogens is 276 g/mol. The number of ether oxygens (including phenoxy) is 1. The van der Waals surface area contributed by atoms with E-state index in [1.54, 1.807) is 0 Å². The van der Waals surface area contributed by atoms with Crippen LogP contribution in [0.1, 0.15) is 19.8 Å². The number of carbonyl (C=O) groups is 1. The van der Waals surface area contributed by atoms with E-state index in [9.17, 15) is 4.79 Å². The number of benzene rings is 2. The van der Waals surface area contributed by atoms with Gasteiger partial charge in [0.1, 0.15) is 5.75 Å². The van der Waals surface area contributed by atoms with Gasteiger partial charge in [0.25, 0.3) is 0 Å². The lowest BCUT2D eigenvalue weighted by atomic mass is 10.2. The molecule has 1 amide bonds. The van der Waals surface area contributed by atoms with E-state index in [0.717, 1.165) is 35.7 Å². The summed E-state index contributed by atoms with van der Waals surface area (Å²) in [5.41, 5.74) is 2.82. The Labute approximate surface area is 130 Å². The van der Waals surface area contributed by atoms with Crippen molar-refractivity contribution in [3.63, 3.8) is 0 Å². The lowest BCUT2D eigenvalue weighted by molar-refractivity contribution is -0.117. The molecule has 0 atom stereocenters. The van der Waals surface area contributed by atoms with Gasteiger partial charge < -0.3 is 15.4 Å². The van der Waals surface area contributed by atoms with Crippen LogP contribution in [-0.2, 0) is 4.79 Å². The molecule has 22 heavy (non-hydrogen) atoms. The van der Waals surface area contributed by atoms with Crippen LogP contribution in [0.3, 0.4) is 0 Å². The summed E-state index contributed by atoms with van der Waals surface area (Å²) in [5.74, 6) is 1.22. The molecule has 3 rings (SSSR count). The Bertz CT molecular complexity index is 631. The Morgan fingerprint density at radius 2 is 1.55 bits per heavy atom. The monoisotopic (exact) mass is 296 g/mol. The second-order valence-electron chi connectivity index (χ2n) is 5.42. The zero-order valence-corrected chi connectivity index (χ0v) is 12.6. The van der Waals surface area contributed by atoms with Crippen molar-refractivity contribution < 1.29 is 9.53 Å². The van der Waals surface area contributed by atoms with E-state index < -0.39 is 0 Å². The number of hydrogen-bond donors (Lipinski definition) is 2. The van der Waals surface area contributed by atoms with Crippen molar-refractivity contribution in [1.29, 1.82) is 0 Å². The van der Waals surface area contributed by atoms with Gasteiger partial charge in [-0.05, 0) is 68.3 Å². The first-order valence-electron chi connectivity index (χ1n) is 7.65. The first-order valence-corrected chi connectivity index (χ1v) is 7.65. The summed E-state index contributed by atoms with van der Waals surface area (Å²) in [5, 5.41) is 6.25. The number of anilines is 3. The molecule has 2 aromatic carbocycles. The van der Waals surface area contributed by atoms with Crippen LogP contribution in [0.4, 0.5) is 17.1 Å². The Hall–Kier alpha value is -2.49. The van der Waals surface area contributed by atoms with Crippen molar-refractivity contribution in [1.82, 2.24) is 0 Å². The smallest absolute Gasteiger partial charge is 0.227 e. The van der Waals surface area contributed by atoms with E-state index >= 15 is 0 Å². The molecule has 1 saturated carbocycles. The van der Waals surface area contributed by atoms with E-state index in [-0.39, 0.29) is 11.8 Å². The van der Waals surface area contributed by atoms with Crippen LogP contribution in [-0.4, -0.2) is 12.5 Å². The van der Waals surface area contributed by atoms with Gasteiger partial charge in [-0.15, -0.1) is 0 Å². The minimum atomic E-state index is 0.132. The standard InChI is InChI=1S/C18H20N2O2/c1-2-22-17-11-9-15(10-12-17)19-14-5-7-16(8-6-14)20-18(21)13-3-4-13/h5-13,19H,2-4H2,1H3,(H,20,21). The molecule has 0 spiro atoms. The average molecular weight is 296 g/mol. The Balaban J connectivity index is 1.59. The lowest BCUT2D eigenvalue weighted by Gasteiger charge is -2.09. The van der Waals surface area contributed by atoms with Gasteiger partial charge in [0.15, 0.2) is 0 Å². The van der Waals surface area contributed by atoms with Crippen molar-refractivity contribution in [3.05, 3.63) is 48.5 Å². The van der Waals surface area contributed by atoms with Crippen molar-refractivity contribution in [3.8, 4) is 5.75 Å². The van der Waals surface area contributed by atoms with Gasteiger partial charge in [0, 0.05) is 23.0 Å². The minimum Gasteiger partial charge on any atom is -0.494 e. The van der Waals surface area contributed by atoms with Gasteiger partial charge >= 0.3 is 0 Å². The van der Waals surface area contributed by atoms with Crippen LogP contribution in [0.2, 0.25) is 0 Å². The van der Waals surface area contributed by atoms with E-state index in [4.69, 9.17) is 4.74 Å². The molecule has 1 fully saturated rings. The lowest BCUT2D eigenvalue weighted by Crippen LogP contribution is -2.13. The summed E-state index contributed by atoms with van der Waals surface area (Å²) in [6, 6.07) is 15.6. The third kappa shape index (κ3) is 3.79. The predicted octanol–water partition coefficient (Wildman–Crippen LogP) is 4.18. The highest BCUT2D eigenvalue weighted by atomic mass is 16.5. The van der Waals surface area contributed by atoms with E-state index in [0.29, 0.717) is 6.61 Å². The summed E-state index contributed by atoms with van der Waals surface area (Å²) in [6.07, 6.45) is 2.03. The molecular formula is C18H20N2O2. The largest absolute Gasteiger partial charge is 0.494 e.